The van der Waals surface area contributed by atoms with Crippen LogP contribution in [0.15, 0.2) is 30.5 Å². The molecule has 5 heteroatoms. The predicted molar refractivity (Wildman–Crippen MR) is 124 cm³/mol. The van der Waals surface area contributed by atoms with Crippen molar-refractivity contribution in [3.05, 3.63) is 36.0 Å². The monoisotopic (exact) mass is 410 g/mol. The number of benzene rings is 1. The average Bonchev–Trinajstić information content (AvgIpc) is 3.17. The van der Waals surface area contributed by atoms with Crippen LogP contribution in [0.1, 0.15) is 56.8 Å². The van der Waals surface area contributed by atoms with Crippen molar-refractivity contribution in [1.82, 2.24) is 19.3 Å². The number of likely N-dealkylation sites (tertiary alicyclic amines) is 1. The minimum absolute atomic E-state index is 0.173. The van der Waals surface area contributed by atoms with E-state index in [2.05, 4.69) is 59.5 Å². The normalized spacial score (nSPS) is 21.6. The molecule has 2 saturated heterocycles. The fourth-order valence-electron chi connectivity index (χ4n) is 5.09. The SMILES string of the molecule is CC(C)N1CCN(C(=O)c2ccc3c(ccn3CCCN3CCCCC3C)c2)CC1. The quantitative estimate of drug-likeness (QED) is 0.719. The van der Waals surface area contributed by atoms with E-state index in [0.717, 1.165) is 44.3 Å². The molecule has 1 unspecified atom stereocenters. The van der Waals surface area contributed by atoms with Crippen molar-refractivity contribution in [3.63, 3.8) is 0 Å². The van der Waals surface area contributed by atoms with Gasteiger partial charge in [0, 0.05) is 74.0 Å². The van der Waals surface area contributed by atoms with E-state index in [1.54, 1.807) is 0 Å². The van der Waals surface area contributed by atoms with Gasteiger partial charge >= 0.3 is 0 Å². The number of hydrogen-bond acceptors (Lipinski definition) is 3. The summed E-state index contributed by atoms with van der Waals surface area (Å²) in [4.78, 5) is 20.1. The topological polar surface area (TPSA) is 31.7 Å². The van der Waals surface area contributed by atoms with Gasteiger partial charge in [-0.3, -0.25) is 9.69 Å². The highest BCUT2D eigenvalue weighted by Crippen LogP contribution is 2.21. The summed E-state index contributed by atoms with van der Waals surface area (Å²) in [5.74, 6) is 0.173. The summed E-state index contributed by atoms with van der Waals surface area (Å²) in [7, 11) is 0. The van der Waals surface area contributed by atoms with Crippen LogP contribution in [-0.4, -0.2) is 76.5 Å². The number of carbonyl (C=O) groups is 1. The molecule has 30 heavy (non-hydrogen) atoms. The Labute approximate surface area is 181 Å². The summed E-state index contributed by atoms with van der Waals surface area (Å²) in [5.41, 5.74) is 2.06. The third kappa shape index (κ3) is 4.73. The molecule has 0 radical (unpaired) electrons. The Hall–Kier alpha value is -1.85. The average molecular weight is 411 g/mol. The molecule has 1 aromatic heterocycles. The van der Waals surface area contributed by atoms with Crippen molar-refractivity contribution in [1.29, 1.82) is 0 Å². The highest BCUT2D eigenvalue weighted by molar-refractivity contribution is 5.98. The molecule has 4 rings (SSSR count). The predicted octanol–water partition coefficient (Wildman–Crippen LogP) is 4.07. The number of aryl methyl sites for hydroxylation is 1. The molecule has 0 N–H and O–H groups in total. The van der Waals surface area contributed by atoms with Gasteiger partial charge in [-0.2, -0.15) is 0 Å². The van der Waals surface area contributed by atoms with Crippen LogP contribution < -0.4 is 0 Å². The number of hydrogen-bond donors (Lipinski definition) is 0. The summed E-state index contributed by atoms with van der Waals surface area (Å²) in [6, 6.07) is 9.67. The van der Waals surface area contributed by atoms with Crippen molar-refractivity contribution in [2.75, 3.05) is 39.3 Å². The van der Waals surface area contributed by atoms with Crippen molar-refractivity contribution >= 4 is 16.8 Å². The number of nitrogens with zero attached hydrogens (tertiary/aromatic N) is 4. The highest BCUT2D eigenvalue weighted by Gasteiger charge is 2.23. The summed E-state index contributed by atoms with van der Waals surface area (Å²) in [6.07, 6.45) is 7.43. The summed E-state index contributed by atoms with van der Waals surface area (Å²) >= 11 is 0. The van der Waals surface area contributed by atoms with E-state index in [9.17, 15) is 4.79 Å². The van der Waals surface area contributed by atoms with Crippen molar-refractivity contribution in [2.24, 2.45) is 0 Å². The summed E-state index contributed by atoms with van der Waals surface area (Å²) in [5, 5.41) is 1.17. The summed E-state index contributed by atoms with van der Waals surface area (Å²) in [6.45, 7) is 13.9. The molecular weight excluding hydrogens is 372 g/mol. The van der Waals surface area contributed by atoms with Gasteiger partial charge < -0.3 is 14.4 Å². The van der Waals surface area contributed by atoms with Crippen molar-refractivity contribution in [3.8, 4) is 0 Å². The number of fused-ring (bicyclic) bond motifs is 1. The second-order valence-corrected chi connectivity index (χ2v) is 9.44. The Kier molecular flexibility index (Phi) is 6.79. The van der Waals surface area contributed by atoms with Crippen molar-refractivity contribution in [2.45, 2.75) is 65.1 Å². The molecule has 0 aliphatic carbocycles. The first kappa shape index (κ1) is 21.4. The Morgan fingerprint density at radius 2 is 1.83 bits per heavy atom. The minimum atomic E-state index is 0.173. The number of aromatic nitrogens is 1. The first-order valence-electron chi connectivity index (χ1n) is 11.9. The molecule has 2 fully saturated rings. The number of amides is 1. The lowest BCUT2D eigenvalue weighted by Gasteiger charge is -2.37. The summed E-state index contributed by atoms with van der Waals surface area (Å²) < 4.78 is 2.35. The van der Waals surface area contributed by atoms with Gasteiger partial charge in [0.15, 0.2) is 0 Å². The molecule has 0 saturated carbocycles. The molecule has 1 amide bonds. The molecule has 3 heterocycles. The second kappa shape index (κ2) is 9.52. The van der Waals surface area contributed by atoms with Crippen molar-refractivity contribution < 1.29 is 4.79 Å². The van der Waals surface area contributed by atoms with Gasteiger partial charge in [-0.05, 0) is 70.8 Å². The molecule has 1 aromatic carbocycles. The van der Waals surface area contributed by atoms with Crippen LogP contribution in [0.4, 0.5) is 0 Å². The highest BCUT2D eigenvalue weighted by atomic mass is 16.2. The molecule has 2 aromatic rings. The number of rotatable bonds is 6. The fraction of sp³-hybridized carbons (Fsp3) is 0.640. The molecule has 164 valence electrons. The maximum Gasteiger partial charge on any atom is 0.253 e. The molecule has 1 atom stereocenters. The molecule has 2 aliphatic heterocycles. The van der Waals surface area contributed by atoms with Crippen LogP contribution in [0.3, 0.4) is 0 Å². The number of carbonyl (C=O) groups excluding carboxylic acids is 1. The van der Waals surface area contributed by atoms with E-state index >= 15 is 0 Å². The van der Waals surface area contributed by atoms with Crippen LogP contribution in [0.5, 0.6) is 0 Å². The number of piperazine rings is 1. The Morgan fingerprint density at radius 1 is 1.03 bits per heavy atom. The lowest BCUT2D eigenvalue weighted by Crippen LogP contribution is -2.50. The van der Waals surface area contributed by atoms with Gasteiger partial charge in [-0.1, -0.05) is 6.42 Å². The molecule has 5 nitrogen and oxygen atoms in total. The third-order valence-corrected chi connectivity index (χ3v) is 7.13. The first-order chi connectivity index (χ1) is 14.5. The Bertz CT molecular complexity index is 850. The second-order valence-electron chi connectivity index (χ2n) is 9.44. The van der Waals surface area contributed by atoms with E-state index in [1.807, 2.05) is 11.0 Å². The zero-order chi connectivity index (χ0) is 21.1. The van der Waals surface area contributed by atoms with E-state index < -0.39 is 0 Å². The minimum Gasteiger partial charge on any atom is -0.347 e. The van der Waals surface area contributed by atoms with E-state index in [-0.39, 0.29) is 5.91 Å². The smallest absolute Gasteiger partial charge is 0.253 e. The maximum absolute atomic E-state index is 13.0. The van der Waals surface area contributed by atoms with Gasteiger partial charge in [-0.25, -0.2) is 0 Å². The lowest BCUT2D eigenvalue weighted by atomic mass is 10.0. The van der Waals surface area contributed by atoms with E-state index in [0.29, 0.717) is 6.04 Å². The largest absolute Gasteiger partial charge is 0.347 e. The van der Waals surface area contributed by atoms with E-state index in [4.69, 9.17) is 0 Å². The van der Waals surface area contributed by atoms with E-state index in [1.165, 1.54) is 49.7 Å². The fourth-order valence-corrected chi connectivity index (χ4v) is 5.09. The van der Waals surface area contributed by atoms with Gasteiger partial charge in [0.25, 0.3) is 5.91 Å². The Balaban J connectivity index is 1.35. The first-order valence-corrected chi connectivity index (χ1v) is 11.9. The van der Waals surface area contributed by atoms with Gasteiger partial charge in [0.05, 0.1) is 0 Å². The molecule has 0 spiro atoms. The third-order valence-electron chi connectivity index (χ3n) is 7.13. The van der Waals surface area contributed by atoms with Crippen LogP contribution in [-0.2, 0) is 6.54 Å². The molecule has 2 aliphatic rings. The maximum atomic E-state index is 13.0. The zero-order valence-corrected chi connectivity index (χ0v) is 19.0. The number of piperidine rings is 1. The Morgan fingerprint density at radius 3 is 2.57 bits per heavy atom. The lowest BCUT2D eigenvalue weighted by molar-refractivity contribution is 0.0595. The zero-order valence-electron chi connectivity index (χ0n) is 19.0. The van der Waals surface area contributed by atoms with Gasteiger partial charge in [0.1, 0.15) is 0 Å². The van der Waals surface area contributed by atoms with Gasteiger partial charge in [0.2, 0.25) is 0 Å². The molecule has 0 bridgehead atoms. The van der Waals surface area contributed by atoms with Gasteiger partial charge in [-0.15, -0.1) is 0 Å². The molecular formula is C25H38N4O. The van der Waals surface area contributed by atoms with Crippen LogP contribution in [0.25, 0.3) is 10.9 Å². The van der Waals surface area contributed by atoms with Crippen LogP contribution in [0, 0.1) is 0 Å². The van der Waals surface area contributed by atoms with Crippen LogP contribution in [0.2, 0.25) is 0 Å². The van der Waals surface area contributed by atoms with Crippen LogP contribution >= 0.6 is 0 Å². The standard InChI is InChI=1S/C25H38N4O/c1-20(2)26-15-17-29(18-16-26)25(30)23-8-9-24-22(19-23)10-14-28(24)13-6-12-27-11-5-4-7-21(27)3/h8-10,14,19-21H,4-7,11-13,15-18H2,1-3H3.